The van der Waals surface area contributed by atoms with Crippen molar-refractivity contribution >= 4 is 5.65 Å². The van der Waals surface area contributed by atoms with Crippen molar-refractivity contribution in [1.29, 1.82) is 0 Å². The van der Waals surface area contributed by atoms with E-state index in [1.54, 1.807) is 16.6 Å². The van der Waals surface area contributed by atoms with Gasteiger partial charge in [-0.3, -0.25) is 4.90 Å². The van der Waals surface area contributed by atoms with Crippen molar-refractivity contribution in [2.75, 3.05) is 13.1 Å². The lowest BCUT2D eigenvalue weighted by atomic mass is 10.2. The second kappa shape index (κ2) is 4.00. The van der Waals surface area contributed by atoms with Crippen molar-refractivity contribution < 1.29 is 5.11 Å². The van der Waals surface area contributed by atoms with Crippen LogP contribution in [0.25, 0.3) is 5.65 Å². The number of aromatic nitrogens is 3. The molecule has 1 aliphatic heterocycles. The number of hydrogen-bond donors (Lipinski definition) is 1. The van der Waals surface area contributed by atoms with E-state index in [1.165, 1.54) is 6.42 Å². The van der Waals surface area contributed by atoms with Gasteiger partial charge < -0.3 is 5.11 Å². The molecular formula is C12H16N4O. The van der Waals surface area contributed by atoms with Crippen LogP contribution < -0.4 is 0 Å². The molecule has 1 unspecified atom stereocenters. The summed E-state index contributed by atoms with van der Waals surface area (Å²) in [5.41, 5.74) is 0.547. The zero-order valence-corrected chi connectivity index (χ0v) is 9.87. The minimum atomic E-state index is 0.187. The molecule has 3 rings (SSSR count). The Morgan fingerprint density at radius 1 is 1.53 bits per heavy atom. The van der Waals surface area contributed by atoms with Gasteiger partial charge >= 0.3 is 0 Å². The minimum absolute atomic E-state index is 0.187. The maximum absolute atomic E-state index is 9.71. The highest BCUT2D eigenvalue weighted by Crippen LogP contribution is 2.30. The Morgan fingerprint density at radius 3 is 3.18 bits per heavy atom. The maximum atomic E-state index is 9.71. The van der Waals surface area contributed by atoms with Gasteiger partial charge in [-0.1, -0.05) is 6.92 Å². The molecule has 0 aliphatic carbocycles. The van der Waals surface area contributed by atoms with Crippen LogP contribution in [0.4, 0.5) is 0 Å². The van der Waals surface area contributed by atoms with Crippen molar-refractivity contribution in [2.45, 2.75) is 25.8 Å². The lowest BCUT2D eigenvalue weighted by molar-refractivity contribution is 0.262. The Bertz CT molecular complexity index is 536. The molecule has 2 aromatic heterocycles. The molecule has 1 fully saturated rings. The molecule has 0 aromatic carbocycles. The fourth-order valence-corrected chi connectivity index (χ4v) is 2.55. The van der Waals surface area contributed by atoms with Crippen LogP contribution in [0.3, 0.4) is 0 Å². The number of nitrogens with zero attached hydrogens (tertiary/aromatic N) is 4. The third kappa shape index (κ3) is 1.67. The summed E-state index contributed by atoms with van der Waals surface area (Å²) in [4.78, 5) is 6.83. The van der Waals surface area contributed by atoms with E-state index in [2.05, 4.69) is 21.9 Å². The van der Waals surface area contributed by atoms with E-state index in [4.69, 9.17) is 0 Å². The van der Waals surface area contributed by atoms with Crippen LogP contribution in [0.15, 0.2) is 18.3 Å². The number of pyridine rings is 1. The molecule has 1 saturated heterocycles. The fourth-order valence-electron chi connectivity index (χ4n) is 2.55. The first-order valence-corrected chi connectivity index (χ1v) is 6.08. The van der Waals surface area contributed by atoms with Gasteiger partial charge in [-0.15, -0.1) is 5.10 Å². The maximum Gasteiger partial charge on any atom is 0.197 e. The van der Waals surface area contributed by atoms with Crippen LogP contribution in [0.1, 0.15) is 31.6 Å². The second-order valence-electron chi connectivity index (χ2n) is 4.42. The normalized spacial score (nSPS) is 21.4. The highest BCUT2D eigenvalue weighted by molar-refractivity contribution is 5.51. The van der Waals surface area contributed by atoms with Gasteiger partial charge in [0.15, 0.2) is 17.2 Å². The van der Waals surface area contributed by atoms with E-state index >= 15 is 0 Å². The van der Waals surface area contributed by atoms with Crippen LogP contribution in [-0.4, -0.2) is 37.7 Å². The molecule has 0 amide bonds. The molecule has 1 aliphatic rings. The second-order valence-corrected chi connectivity index (χ2v) is 4.42. The molecule has 5 heteroatoms. The van der Waals surface area contributed by atoms with Gasteiger partial charge in [0, 0.05) is 6.20 Å². The summed E-state index contributed by atoms with van der Waals surface area (Å²) in [6.45, 7) is 4.29. The molecule has 0 radical (unpaired) electrons. The van der Waals surface area contributed by atoms with Crippen molar-refractivity contribution in [3.05, 3.63) is 24.2 Å². The van der Waals surface area contributed by atoms with Crippen molar-refractivity contribution in [3.63, 3.8) is 0 Å². The van der Waals surface area contributed by atoms with E-state index in [9.17, 15) is 5.11 Å². The van der Waals surface area contributed by atoms with Gasteiger partial charge in [0.05, 0.1) is 6.04 Å². The van der Waals surface area contributed by atoms with Crippen LogP contribution in [0, 0.1) is 0 Å². The molecule has 1 atom stereocenters. The van der Waals surface area contributed by atoms with Crippen LogP contribution >= 0.6 is 0 Å². The SMILES string of the molecule is CCN1CCCC1c1nc2c(O)cccn2n1. The van der Waals surface area contributed by atoms with E-state index in [0.29, 0.717) is 11.7 Å². The van der Waals surface area contributed by atoms with Crippen LogP contribution in [0.2, 0.25) is 0 Å². The predicted octanol–water partition coefficient (Wildman–Crippen LogP) is 1.59. The number of likely N-dealkylation sites (tertiary alicyclic amines) is 1. The average Bonchev–Trinajstić information content (AvgIpc) is 2.94. The minimum Gasteiger partial charge on any atom is -0.504 e. The zero-order valence-electron chi connectivity index (χ0n) is 9.87. The van der Waals surface area contributed by atoms with Gasteiger partial charge in [-0.25, -0.2) is 9.50 Å². The number of hydrogen-bond acceptors (Lipinski definition) is 4. The quantitative estimate of drug-likeness (QED) is 0.854. The number of aromatic hydroxyl groups is 1. The lowest BCUT2D eigenvalue weighted by Gasteiger charge is -2.19. The van der Waals surface area contributed by atoms with Gasteiger partial charge in [-0.2, -0.15) is 0 Å². The monoisotopic (exact) mass is 232 g/mol. The zero-order chi connectivity index (χ0) is 11.8. The first kappa shape index (κ1) is 10.5. The highest BCUT2D eigenvalue weighted by atomic mass is 16.3. The van der Waals surface area contributed by atoms with E-state index in [1.807, 2.05) is 6.20 Å². The van der Waals surface area contributed by atoms with Gasteiger partial charge in [-0.05, 0) is 38.1 Å². The smallest absolute Gasteiger partial charge is 0.197 e. The summed E-state index contributed by atoms with van der Waals surface area (Å²) in [5, 5.41) is 14.2. The first-order valence-electron chi connectivity index (χ1n) is 6.08. The largest absolute Gasteiger partial charge is 0.504 e. The van der Waals surface area contributed by atoms with Gasteiger partial charge in [0.2, 0.25) is 0 Å². The highest BCUT2D eigenvalue weighted by Gasteiger charge is 2.28. The van der Waals surface area contributed by atoms with E-state index in [0.717, 1.165) is 25.3 Å². The Balaban J connectivity index is 2.03. The van der Waals surface area contributed by atoms with Crippen molar-refractivity contribution in [3.8, 4) is 5.75 Å². The molecule has 17 heavy (non-hydrogen) atoms. The molecule has 2 aromatic rings. The summed E-state index contributed by atoms with van der Waals surface area (Å²) in [6.07, 6.45) is 4.11. The number of rotatable bonds is 2. The van der Waals surface area contributed by atoms with Crippen molar-refractivity contribution in [1.82, 2.24) is 19.5 Å². The third-order valence-electron chi connectivity index (χ3n) is 3.43. The standard InChI is InChI=1S/C12H16N4O/c1-2-15-7-3-5-9(15)11-13-12-10(17)6-4-8-16(12)14-11/h4,6,8-9,17H,2-3,5,7H2,1H3. The van der Waals surface area contributed by atoms with Gasteiger partial charge in [0.25, 0.3) is 0 Å². The summed E-state index contributed by atoms with van der Waals surface area (Å²) >= 11 is 0. The molecule has 90 valence electrons. The Kier molecular flexibility index (Phi) is 2.48. The predicted molar refractivity (Wildman–Crippen MR) is 63.9 cm³/mol. The lowest BCUT2D eigenvalue weighted by Crippen LogP contribution is -2.23. The summed E-state index contributed by atoms with van der Waals surface area (Å²) < 4.78 is 1.65. The molecule has 5 nitrogen and oxygen atoms in total. The molecule has 3 heterocycles. The van der Waals surface area contributed by atoms with Gasteiger partial charge in [0.1, 0.15) is 0 Å². The summed E-state index contributed by atoms with van der Waals surface area (Å²) in [6, 6.07) is 3.71. The van der Waals surface area contributed by atoms with Crippen LogP contribution in [0.5, 0.6) is 5.75 Å². The Hall–Kier alpha value is -1.62. The topological polar surface area (TPSA) is 53.7 Å². The molecule has 0 saturated carbocycles. The Labute approximate surface area is 99.7 Å². The van der Waals surface area contributed by atoms with E-state index < -0.39 is 0 Å². The molecular weight excluding hydrogens is 216 g/mol. The average molecular weight is 232 g/mol. The molecule has 0 spiro atoms. The number of fused-ring (bicyclic) bond motifs is 1. The first-order chi connectivity index (χ1) is 8.29. The molecule has 0 bridgehead atoms. The fraction of sp³-hybridized carbons (Fsp3) is 0.500. The summed E-state index contributed by atoms with van der Waals surface area (Å²) in [5.74, 6) is 1.01. The van der Waals surface area contributed by atoms with E-state index in [-0.39, 0.29) is 5.75 Å². The Morgan fingerprint density at radius 2 is 2.41 bits per heavy atom. The summed E-state index contributed by atoms with van der Waals surface area (Å²) in [7, 11) is 0. The van der Waals surface area contributed by atoms with Crippen molar-refractivity contribution in [2.24, 2.45) is 0 Å². The van der Waals surface area contributed by atoms with Crippen LogP contribution in [-0.2, 0) is 0 Å². The molecule has 1 N–H and O–H groups in total. The third-order valence-corrected chi connectivity index (χ3v) is 3.43.